The average Bonchev–Trinajstić information content (AvgIpc) is 2.15. The SMILES string of the molecule is CC(C)(CCCC(F)(F)F)c1ccc(Br)cc1. The van der Waals surface area contributed by atoms with E-state index in [2.05, 4.69) is 15.9 Å². The van der Waals surface area contributed by atoms with Gasteiger partial charge in [-0.3, -0.25) is 0 Å². The molecule has 0 N–H and O–H groups in total. The minimum absolute atomic E-state index is 0.173. The Hall–Kier alpha value is -0.510. The van der Waals surface area contributed by atoms with Crippen LogP contribution in [-0.2, 0) is 5.41 Å². The van der Waals surface area contributed by atoms with Gasteiger partial charge in [0.2, 0.25) is 0 Å². The van der Waals surface area contributed by atoms with Gasteiger partial charge in [0.05, 0.1) is 0 Å². The Kier molecular flexibility index (Phi) is 4.64. The normalized spacial score (nSPS) is 12.8. The first-order valence-corrected chi connectivity index (χ1v) is 6.33. The van der Waals surface area contributed by atoms with Crippen molar-refractivity contribution in [3.63, 3.8) is 0 Å². The Morgan fingerprint density at radius 2 is 1.53 bits per heavy atom. The van der Waals surface area contributed by atoms with Crippen LogP contribution in [0.25, 0.3) is 0 Å². The zero-order valence-corrected chi connectivity index (χ0v) is 11.5. The highest BCUT2D eigenvalue weighted by molar-refractivity contribution is 9.10. The topological polar surface area (TPSA) is 0 Å². The Balaban J connectivity index is 2.59. The van der Waals surface area contributed by atoms with Gasteiger partial charge in [0.1, 0.15) is 0 Å². The van der Waals surface area contributed by atoms with Crippen LogP contribution in [0.5, 0.6) is 0 Å². The maximum atomic E-state index is 12.1. The maximum absolute atomic E-state index is 12.1. The van der Waals surface area contributed by atoms with Gasteiger partial charge in [0, 0.05) is 10.9 Å². The zero-order chi connectivity index (χ0) is 13.1. The summed E-state index contributed by atoms with van der Waals surface area (Å²) in [4.78, 5) is 0. The molecule has 0 amide bonds. The average molecular weight is 309 g/mol. The number of hydrogen-bond acceptors (Lipinski definition) is 0. The van der Waals surface area contributed by atoms with Crippen molar-refractivity contribution in [3.05, 3.63) is 34.3 Å². The summed E-state index contributed by atoms with van der Waals surface area (Å²) < 4.78 is 37.2. The molecule has 0 aliphatic heterocycles. The molecule has 1 aromatic carbocycles. The summed E-state index contributed by atoms with van der Waals surface area (Å²) in [6.45, 7) is 3.96. The van der Waals surface area contributed by atoms with Gasteiger partial charge in [-0.25, -0.2) is 0 Å². The number of benzene rings is 1. The number of rotatable bonds is 4. The molecule has 17 heavy (non-hydrogen) atoms. The summed E-state index contributed by atoms with van der Waals surface area (Å²) in [5, 5.41) is 0. The molecular weight excluding hydrogens is 293 g/mol. The van der Waals surface area contributed by atoms with Crippen molar-refractivity contribution in [2.24, 2.45) is 0 Å². The van der Waals surface area contributed by atoms with E-state index in [1.165, 1.54) is 0 Å². The van der Waals surface area contributed by atoms with E-state index in [1.807, 2.05) is 38.1 Å². The van der Waals surface area contributed by atoms with Crippen molar-refractivity contribution < 1.29 is 13.2 Å². The molecule has 1 rings (SSSR count). The number of alkyl halides is 3. The molecule has 0 spiro atoms. The van der Waals surface area contributed by atoms with Gasteiger partial charge < -0.3 is 0 Å². The van der Waals surface area contributed by atoms with Gasteiger partial charge in [0.25, 0.3) is 0 Å². The molecule has 0 aromatic heterocycles. The van der Waals surface area contributed by atoms with Crippen LogP contribution in [0.2, 0.25) is 0 Å². The highest BCUT2D eigenvalue weighted by Crippen LogP contribution is 2.32. The monoisotopic (exact) mass is 308 g/mol. The summed E-state index contributed by atoms with van der Waals surface area (Å²) in [6.07, 6.45) is -4.04. The molecular formula is C13H16BrF3. The van der Waals surface area contributed by atoms with E-state index < -0.39 is 12.6 Å². The third kappa shape index (κ3) is 5.11. The summed E-state index contributed by atoms with van der Waals surface area (Å²) in [7, 11) is 0. The maximum Gasteiger partial charge on any atom is 0.389 e. The molecule has 0 nitrogen and oxygen atoms in total. The molecule has 96 valence electrons. The highest BCUT2D eigenvalue weighted by atomic mass is 79.9. The first-order valence-electron chi connectivity index (χ1n) is 5.53. The van der Waals surface area contributed by atoms with Crippen LogP contribution in [0.4, 0.5) is 13.2 Å². The van der Waals surface area contributed by atoms with Gasteiger partial charge in [0.15, 0.2) is 0 Å². The first-order chi connectivity index (χ1) is 7.71. The Morgan fingerprint density at radius 1 is 1.00 bits per heavy atom. The highest BCUT2D eigenvalue weighted by Gasteiger charge is 2.28. The molecule has 1 aromatic rings. The second-order valence-corrected chi connectivity index (χ2v) is 5.78. The van der Waals surface area contributed by atoms with Crippen molar-refractivity contribution >= 4 is 15.9 Å². The summed E-state index contributed by atoms with van der Waals surface area (Å²) in [6, 6.07) is 7.75. The van der Waals surface area contributed by atoms with E-state index in [9.17, 15) is 13.2 Å². The molecule has 0 aliphatic carbocycles. The second-order valence-electron chi connectivity index (χ2n) is 4.86. The minimum atomic E-state index is -4.05. The lowest BCUT2D eigenvalue weighted by molar-refractivity contribution is -0.136. The summed E-state index contributed by atoms with van der Waals surface area (Å²) >= 11 is 3.34. The quantitative estimate of drug-likeness (QED) is 0.693. The Morgan fingerprint density at radius 3 is 2.00 bits per heavy atom. The van der Waals surface area contributed by atoms with E-state index >= 15 is 0 Å². The second kappa shape index (κ2) is 5.42. The summed E-state index contributed by atoms with van der Waals surface area (Å²) in [5.74, 6) is 0. The van der Waals surface area contributed by atoms with Crippen molar-refractivity contribution in [3.8, 4) is 0 Å². The minimum Gasteiger partial charge on any atom is -0.171 e. The molecule has 0 atom stereocenters. The molecule has 0 saturated heterocycles. The predicted molar refractivity (Wildman–Crippen MR) is 67.1 cm³/mol. The molecule has 0 unspecified atom stereocenters. The van der Waals surface area contributed by atoms with Crippen molar-refractivity contribution in [1.29, 1.82) is 0 Å². The van der Waals surface area contributed by atoms with Crippen LogP contribution >= 0.6 is 15.9 Å². The lowest BCUT2D eigenvalue weighted by atomic mass is 9.80. The molecule has 0 heterocycles. The van der Waals surface area contributed by atoms with Crippen LogP contribution in [-0.4, -0.2) is 6.18 Å². The predicted octanol–water partition coefficient (Wildman–Crippen LogP) is 5.46. The fraction of sp³-hybridized carbons (Fsp3) is 0.538. The van der Waals surface area contributed by atoms with E-state index in [0.29, 0.717) is 6.42 Å². The molecule has 0 saturated carbocycles. The van der Waals surface area contributed by atoms with Gasteiger partial charge in [-0.15, -0.1) is 0 Å². The molecule has 0 radical (unpaired) electrons. The smallest absolute Gasteiger partial charge is 0.171 e. The molecule has 0 aliphatic rings. The summed E-state index contributed by atoms with van der Waals surface area (Å²) in [5.41, 5.74) is 0.856. The fourth-order valence-electron chi connectivity index (χ4n) is 1.78. The number of hydrogen-bond donors (Lipinski definition) is 0. The molecule has 4 heteroatoms. The van der Waals surface area contributed by atoms with Crippen LogP contribution in [0.3, 0.4) is 0 Å². The van der Waals surface area contributed by atoms with E-state index in [1.54, 1.807) is 0 Å². The van der Waals surface area contributed by atoms with Gasteiger partial charge in [-0.2, -0.15) is 13.2 Å². The third-order valence-corrected chi connectivity index (χ3v) is 3.42. The van der Waals surface area contributed by atoms with Crippen LogP contribution in [0, 0.1) is 0 Å². The fourth-order valence-corrected chi connectivity index (χ4v) is 2.04. The Bertz CT molecular complexity index is 352. The first kappa shape index (κ1) is 14.6. The Labute approximate surface area is 108 Å². The van der Waals surface area contributed by atoms with Crippen molar-refractivity contribution in [2.45, 2.75) is 44.7 Å². The van der Waals surface area contributed by atoms with Crippen LogP contribution < -0.4 is 0 Å². The lowest BCUT2D eigenvalue weighted by Gasteiger charge is -2.25. The lowest BCUT2D eigenvalue weighted by Crippen LogP contribution is -2.18. The zero-order valence-electron chi connectivity index (χ0n) is 9.94. The van der Waals surface area contributed by atoms with E-state index in [0.717, 1.165) is 10.0 Å². The standard InChI is InChI=1S/C13H16BrF3/c1-12(2,8-3-9-13(15,16)17)10-4-6-11(14)7-5-10/h4-7H,3,8-9H2,1-2H3. The van der Waals surface area contributed by atoms with Crippen molar-refractivity contribution in [1.82, 2.24) is 0 Å². The molecule has 0 fully saturated rings. The van der Waals surface area contributed by atoms with E-state index in [4.69, 9.17) is 0 Å². The number of halogens is 4. The largest absolute Gasteiger partial charge is 0.389 e. The third-order valence-electron chi connectivity index (χ3n) is 2.89. The van der Waals surface area contributed by atoms with Crippen LogP contribution in [0.1, 0.15) is 38.7 Å². The van der Waals surface area contributed by atoms with Gasteiger partial charge >= 0.3 is 6.18 Å². The van der Waals surface area contributed by atoms with Crippen molar-refractivity contribution in [2.75, 3.05) is 0 Å². The molecule has 0 bridgehead atoms. The van der Waals surface area contributed by atoms with Crippen LogP contribution in [0.15, 0.2) is 28.7 Å². The van der Waals surface area contributed by atoms with E-state index in [-0.39, 0.29) is 11.8 Å². The van der Waals surface area contributed by atoms with Gasteiger partial charge in [-0.05, 0) is 36.0 Å². The van der Waals surface area contributed by atoms with Gasteiger partial charge in [-0.1, -0.05) is 41.9 Å².